The van der Waals surface area contributed by atoms with Gasteiger partial charge in [0.1, 0.15) is 0 Å². The number of hydrogen-bond donors (Lipinski definition) is 2. The molecular weight excluding hydrogens is 305 g/mol. The molecule has 0 aromatic heterocycles. The van der Waals surface area contributed by atoms with E-state index in [9.17, 15) is 18.0 Å². The Bertz CT molecular complexity index is 576. The molecule has 2 heterocycles. The molecular formula is C14H14ClF3N2O. The zero-order valence-electron chi connectivity index (χ0n) is 11.0. The van der Waals surface area contributed by atoms with Crippen LogP contribution in [0, 0.1) is 5.92 Å². The molecule has 7 heteroatoms. The highest BCUT2D eigenvalue weighted by Gasteiger charge is 2.43. The first kappa shape index (κ1) is 14.7. The highest BCUT2D eigenvalue weighted by Crippen LogP contribution is 2.36. The third-order valence-corrected chi connectivity index (χ3v) is 4.52. The van der Waals surface area contributed by atoms with E-state index in [1.165, 1.54) is 0 Å². The van der Waals surface area contributed by atoms with Crippen molar-refractivity contribution in [3.8, 4) is 0 Å². The van der Waals surface area contributed by atoms with Crippen molar-refractivity contribution < 1.29 is 18.0 Å². The van der Waals surface area contributed by atoms with Gasteiger partial charge in [0.05, 0.1) is 22.2 Å². The first-order valence-electron chi connectivity index (χ1n) is 6.78. The average Bonchev–Trinajstić information content (AvgIpc) is 3.02. The molecule has 21 heavy (non-hydrogen) atoms. The minimum Gasteiger partial charge on any atom is -0.324 e. The van der Waals surface area contributed by atoms with Gasteiger partial charge in [0.25, 0.3) is 0 Å². The van der Waals surface area contributed by atoms with Crippen molar-refractivity contribution in [1.82, 2.24) is 5.32 Å². The van der Waals surface area contributed by atoms with E-state index in [0.29, 0.717) is 6.04 Å². The van der Waals surface area contributed by atoms with E-state index in [2.05, 4.69) is 10.6 Å². The van der Waals surface area contributed by atoms with Crippen LogP contribution in [0.3, 0.4) is 0 Å². The predicted molar refractivity (Wildman–Crippen MR) is 73.1 cm³/mol. The van der Waals surface area contributed by atoms with Crippen molar-refractivity contribution in [2.24, 2.45) is 5.92 Å². The lowest BCUT2D eigenvalue weighted by Gasteiger charge is -2.20. The second kappa shape index (κ2) is 5.18. The lowest BCUT2D eigenvalue weighted by atomic mass is 9.88. The van der Waals surface area contributed by atoms with E-state index in [1.54, 1.807) is 0 Å². The Morgan fingerprint density at radius 2 is 2.10 bits per heavy atom. The molecule has 2 aliphatic heterocycles. The predicted octanol–water partition coefficient (Wildman–Crippen LogP) is 3.44. The molecule has 1 aromatic rings. The van der Waals surface area contributed by atoms with Crippen molar-refractivity contribution in [2.75, 3.05) is 5.32 Å². The van der Waals surface area contributed by atoms with Crippen molar-refractivity contribution in [3.05, 3.63) is 28.8 Å². The van der Waals surface area contributed by atoms with Gasteiger partial charge in [-0.2, -0.15) is 13.2 Å². The molecule has 3 atom stereocenters. The zero-order valence-corrected chi connectivity index (χ0v) is 11.8. The highest BCUT2D eigenvalue weighted by atomic mass is 35.5. The van der Waals surface area contributed by atoms with E-state index in [-0.39, 0.29) is 28.6 Å². The van der Waals surface area contributed by atoms with Crippen LogP contribution in [0.2, 0.25) is 5.02 Å². The van der Waals surface area contributed by atoms with E-state index in [4.69, 9.17) is 11.6 Å². The standard InChI is InChI=1S/C14H14ClF3N2O/c15-10-3-1-7(14(16,17)18)5-12(10)20-13(21)9-6-8-2-4-11(9)19-8/h1,3,5,8-9,11,19H,2,4,6H2,(H,20,21). The summed E-state index contributed by atoms with van der Waals surface area (Å²) in [5, 5.41) is 5.96. The van der Waals surface area contributed by atoms with Gasteiger partial charge in [-0.25, -0.2) is 0 Å². The normalized spacial score (nSPS) is 27.9. The number of nitrogens with one attached hydrogen (secondary N) is 2. The molecule has 2 saturated heterocycles. The van der Waals surface area contributed by atoms with Gasteiger partial charge in [-0.05, 0) is 37.5 Å². The Morgan fingerprint density at radius 1 is 1.33 bits per heavy atom. The molecule has 2 aliphatic rings. The van der Waals surface area contributed by atoms with E-state index < -0.39 is 11.7 Å². The Hall–Kier alpha value is -1.27. The third kappa shape index (κ3) is 2.87. The lowest BCUT2D eigenvalue weighted by Crippen LogP contribution is -2.33. The molecule has 2 N–H and O–H groups in total. The maximum absolute atomic E-state index is 12.7. The molecule has 0 aliphatic carbocycles. The third-order valence-electron chi connectivity index (χ3n) is 4.19. The minimum atomic E-state index is -4.46. The number of carbonyl (C=O) groups excluding carboxylic acids is 1. The summed E-state index contributed by atoms with van der Waals surface area (Å²) in [5.41, 5.74) is -0.812. The lowest BCUT2D eigenvalue weighted by molar-refractivity contribution is -0.137. The zero-order chi connectivity index (χ0) is 15.2. The largest absolute Gasteiger partial charge is 0.416 e. The van der Waals surface area contributed by atoms with Gasteiger partial charge in [0.15, 0.2) is 0 Å². The first-order chi connectivity index (χ1) is 9.84. The Balaban J connectivity index is 1.76. The molecule has 0 saturated carbocycles. The summed E-state index contributed by atoms with van der Waals surface area (Å²) in [6.45, 7) is 0. The van der Waals surface area contributed by atoms with Gasteiger partial charge in [0, 0.05) is 12.1 Å². The minimum absolute atomic E-state index is 0.0132. The Morgan fingerprint density at radius 3 is 2.67 bits per heavy atom. The second-order valence-electron chi connectivity index (χ2n) is 5.57. The van der Waals surface area contributed by atoms with E-state index in [1.807, 2.05) is 0 Å². The van der Waals surface area contributed by atoms with Gasteiger partial charge >= 0.3 is 6.18 Å². The molecule has 1 aromatic carbocycles. The SMILES string of the molecule is O=C(Nc1cc(C(F)(F)F)ccc1Cl)C1CC2CCC1N2. The number of benzene rings is 1. The quantitative estimate of drug-likeness (QED) is 0.877. The Labute approximate surface area is 124 Å². The summed E-state index contributed by atoms with van der Waals surface area (Å²) < 4.78 is 38.1. The Kier molecular flexibility index (Phi) is 3.61. The van der Waals surface area contributed by atoms with E-state index in [0.717, 1.165) is 37.5 Å². The number of fused-ring (bicyclic) bond motifs is 2. The van der Waals surface area contributed by atoms with Crippen LogP contribution in [0.15, 0.2) is 18.2 Å². The molecule has 3 rings (SSSR count). The molecule has 3 nitrogen and oxygen atoms in total. The van der Waals surface area contributed by atoms with Crippen molar-refractivity contribution in [2.45, 2.75) is 37.5 Å². The fourth-order valence-corrected chi connectivity index (χ4v) is 3.30. The van der Waals surface area contributed by atoms with E-state index >= 15 is 0 Å². The summed E-state index contributed by atoms with van der Waals surface area (Å²) in [6.07, 6.45) is -1.75. The van der Waals surface area contributed by atoms with Gasteiger partial charge in [-0.1, -0.05) is 11.6 Å². The smallest absolute Gasteiger partial charge is 0.324 e. The molecule has 1 amide bonds. The van der Waals surface area contributed by atoms with Gasteiger partial charge in [-0.3, -0.25) is 4.79 Å². The van der Waals surface area contributed by atoms with Crippen LogP contribution in [-0.2, 0) is 11.0 Å². The van der Waals surface area contributed by atoms with Crippen LogP contribution in [0.5, 0.6) is 0 Å². The summed E-state index contributed by atoms with van der Waals surface area (Å²) in [5.74, 6) is -0.467. The van der Waals surface area contributed by atoms with Crippen LogP contribution in [0.25, 0.3) is 0 Å². The molecule has 0 radical (unpaired) electrons. The summed E-state index contributed by atoms with van der Waals surface area (Å²) in [4.78, 5) is 12.2. The summed E-state index contributed by atoms with van der Waals surface area (Å²) >= 11 is 5.88. The number of carbonyl (C=O) groups is 1. The van der Waals surface area contributed by atoms with Crippen molar-refractivity contribution in [3.63, 3.8) is 0 Å². The topological polar surface area (TPSA) is 41.1 Å². The number of hydrogen-bond acceptors (Lipinski definition) is 2. The average molecular weight is 319 g/mol. The van der Waals surface area contributed by atoms with Crippen molar-refractivity contribution in [1.29, 1.82) is 0 Å². The maximum Gasteiger partial charge on any atom is 0.416 e. The van der Waals surface area contributed by atoms with Crippen LogP contribution in [0.4, 0.5) is 18.9 Å². The monoisotopic (exact) mass is 318 g/mol. The van der Waals surface area contributed by atoms with Crippen LogP contribution in [0.1, 0.15) is 24.8 Å². The summed E-state index contributed by atoms with van der Waals surface area (Å²) in [7, 11) is 0. The molecule has 0 spiro atoms. The van der Waals surface area contributed by atoms with Crippen LogP contribution in [-0.4, -0.2) is 18.0 Å². The number of anilines is 1. The number of halogens is 4. The molecule has 114 valence electrons. The van der Waals surface area contributed by atoms with Gasteiger partial charge in [0.2, 0.25) is 5.91 Å². The van der Waals surface area contributed by atoms with Gasteiger partial charge in [-0.15, -0.1) is 0 Å². The number of rotatable bonds is 2. The molecule has 3 unspecified atom stereocenters. The number of alkyl halides is 3. The maximum atomic E-state index is 12.7. The highest BCUT2D eigenvalue weighted by molar-refractivity contribution is 6.33. The van der Waals surface area contributed by atoms with Crippen LogP contribution >= 0.6 is 11.6 Å². The van der Waals surface area contributed by atoms with Crippen LogP contribution < -0.4 is 10.6 Å². The van der Waals surface area contributed by atoms with Crippen molar-refractivity contribution >= 4 is 23.2 Å². The molecule has 2 fully saturated rings. The number of amides is 1. The fraction of sp³-hybridized carbons (Fsp3) is 0.500. The fourth-order valence-electron chi connectivity index (χ4n) is 3.14. The molecule has 2 bridgehead atoms. The van der Waals surface area contributed by atoms with Gasteiger partial charge < -0.3 is 10.6 Å². The first-order valence-corrected chi connectivity index (χ1v) is 7.16. The summed E-state index contributed by atoms with van der Waals surface area (Å²) in [6, 6.07) is 3.40. The second-order valence-corrected chi connectivity index (χ2v) is 5.98.